The van der Waals surface area contributed by atoms with Crippen LogP contribution in [0.25, 0.3) is 0 Å². The Bertz CT molecular complexity index is 132. The molecule has 0 amide bonds. The molecule has 0 aliphatic rings. The van der Waals surface area contributed by atoms with E-state index in [1.165, 1.54) is 0 Å². The molecule has 0 N–H and O–H groups in total. The zero-order valence-corrected chi connectivity index (χ0v) is 6.70. The van der Waals surface area contributed by atoms with Crippen LogP contribution >= 0.6 is 0 Å². The van der Waals surface area contributed by atoms with Gasteiger partial charge in [-0.15, -0.1) is 0 Å². The number of ether oxygens (including phenoxy) is 2. The number of rotatable bonds is 5. The van der Waals surface area contributed by atoms with Gasteiger partial charge in [-0.1, -0.05) is 6.92 Å². The molecule has 0 rings (SSSR count). The molecule has 0 aromatic heterocycles. The van der Waals surface area contributed by atoms with E-state index >= 15 is 0 Å². The van der Waals surface area contributed by atoms with Gasteiger partial charge in [-0.2, -0.15) is 0 Å². The molecule has 0 spiro atoms. The van der Waals surface area contributed by atoms with E-state index in [0.29, 0.717) is 0 Å². The molecule has 0 aromatic rings. The molecule has 4 heteroatoms. The van der Waals surface area contributed by atoms with Gasteiger partial charge in [-0.25, -0.2) is 4.79 Å². The van der Waals surface area contributed by atoms with E-state index in [1.807, 2.05) is 6.92 Å². The number of carbonyl (C=O) groups is 2. The second-order valence-electron chi connectivity index (χ2n) is 2.12. The number of hydrogen-bond acceptors (Lipinski definition) is 4. The Morgan fingerprint density at radius 1 is 1.64 bits per heavy atom. The lowest BCUT2D eigenvalue weighted by atomic mass is 10.3. The molecule has 0 radical (unpaired) electrons. The summed E-state index contributed by atoms with van der Waals surface area (Å²) in [5, 5.41) is 0. The van der Waals surface area contributed by atoms with Gasteiger partial charge in [-0.3, -0.25) is 4.79 Å². The van der Waals surface area contributed by atoms with E-state index in [-0.39, 0.29) is 19.2 Å². The maximum Gasteiger partial charge on any atom is 0.344 e. The van der Waals surface area contributed by atoms with Gasteiger partial charge in [0.15, 0.2) is 6.61 Å². The minimum atomic E-state index is -0.508. The van der Waals surface area contributed by atoms with Crippen LogP contribution in [0.5, 0.6) is 0 Å². The largest absolute Gasteiger partial charge is 0.460 e. The highest BCUT2D eigenvalue weighted by Gasteiger charge is 2.06. The Balaban J connectivity index is 3.43. The van der Waals surface area contributed by atoms with Crippen LogP contribution in [-0.4, -0.2) is 25.2 Å². The van der Waals surface area contributed by atoms with Crippen molar-refractivity contribution < 1.29 is 19.1 Å². The van der Waals surface area contributed by atoms with E-state index in [1.54, 1.807) is 6.92 Å². The molecule has 0 bridgehead atoms. The summed E-state index contributed by atoms with van der Waals surface area (Å²) in [6.07, 6.45) is 0.644. The molecule has 64 valence electrons. The Hall–Kier alpha value is -1.06. The van der Waals surface area contributed by atoms with Crippen molar-refractivity contribution in [1.82, 2.24) is 0 Å². The first-order valence-electron chi connectivity index (χ1n) is 3.45. The van der Waals surface area contributed by atoms with E-state index in [4.69, 9.17) is 4.74 Å². The second-order valence-corrected chi connectivity index (χ2v) is 2.12. The Kier molecular flexibility index (Phi) is 5.15. The van der Waals surface area contributed by atoms with E-state index < -0.39 is 5.97 Å². The molecule has 0 saturated carbocycles. The second kappa shape index (κ2) is 5.70. The Labute approximate surface area is 65.5 Å². The van der Waals surface area contributed by atoms with Crippen molar-refractivity contribution in [3.63, 3.8) is 0 Å². The quantitative estimate of drug-likeness (QED) is 0.434. The average Bonchev–Trinajstić information content (AvgIpc) is 2.00. The van der Waals surface area contributed by atoms with E-state index in [2.05, 4.69) is 4.74 Å². The highest BCUT2D eigenvalue weighted by Crippen LogP contribution is 1.95. The highest BCUT2D eigenvalue weighted by atomic mass is 16.6. The van der Waals surface area contributed by atoms with Gasteiger partial charge in [-0.05, 0) is 13.3 Å². The smallest absolute Gasteiger partial charge is 0.344 e. The van der Waals surface area contributed by atoms with Crippen molar-refractivity contribution in [3.8, 4) is 0 Å². The summed E-state index contributed by atoms with van der Waals surface area (Å²) in [6, 6.07) is 0. The third kappa shape index (κ3) is 5.39. The number of hydrogen-bond donors (Lipinski definition) is 0. The summed E-state index contributed by atoms with van der Waals surface area (Å²) >= 11 is 0. The SMILES string of the molecule is CCC(C)OC(=O)COC=O. The lowest BCUT2D eigenvalue weighted by Crippen LogP contribution is -2.18. The molecule has 1 unspecified atom stereocenters. The van der Waals surface area contributed by atoms with Crippen molar-refractivity contribution in [2.45, 2.75) is 26.4 Å². The average molecular weight is 160 g/mol. The van der Waals surface area contributed by atoms with Crippen molar-refractivity contribution in [3.05, 3.63) is 0 Å². The zero-order valence-electron chi connectivity index (χ0n) is 6.70. The molecule has 0 saturated heterocycles. The van der Waals surface area contributed by atoms with Crippen LogP contribution in [0.2, 0.25) is 0 Å². The van der Waals surface area contributed by atoms with Crippen LogP contribution in [0.1, 0.15) is 20.3 Å². The minimum Gasteiger partial charge on any atom is -0.460 e. The highest BCUT2D eigenvalue weighted by molar-refractivity contribution is 5.71. The zero-order chi connectivity index (χ0) is 8.69. The van der Waals surface area contributed by atoms with Gasteiger partial charge in [0.05, 0.1) is 6.10 Å². The molecule has 11 heavy (non-hydrogen) atoms. The molecule has 0 aromatic carbocycles. The molecule has 0 heterocycles. The van der Waals surface area contributed by atoms with Crippen LogP contribution in [0, 0.1) is 0 Å². The predicted molar refractivity (Wildman–Crippen MR) is 37.9 cm³/mol. The summed E-state index contributed by atoms with van der Waals surface area (Å²) in [5.41, 5.74) is 0. The van der Waals surface area contributed by atoms with Crippen LogP contribution in [-0.2, 0) is 19.1 Å². The predicted octanol–water partition coefficient (Wildman–Crippen LogP) is 0.501. The van der Waals surface area contributed by atoms with Crippen LogP contribution in [0.4, 0.5) is 0 Å². The van der Waals surface area contributed by atoms with Gasteiger partial charge in [0.2, 0.25) is 0 Å². The lowest BCUT2D eigenvalue weighted by molar-refractivity contribution is -0.156. The Morgan fingerprint density at radius 2 is 2.27 bits per heavy atom. The van der Waals surface area contributed by atoms with Gasteiger partial charge in [0.1, 0.15) is 0 Å². The van der Waals surface area contributed by atoms with Gasteiger partial charge in [0.25, 0.3) is 6.47 Å². The first kappa shape index (κ1) is 9.94. The van der Waals surface area contributed by atoms with Gasteiger partial charge >= 0.3 is 5.97 Å². The Morgan fingerprint density at radius 3 is 2.73 bits per heavy atom. The fraction of sp³-hybridized carbons (Fsp3) is 0.714. The summed E-state index contributed by atoms with van der Waals surface area (Å²) in [5.74, 6) is -0.508. The van der Waals surface area contributed by atoms with Crippen LogP contribution < -0.4 is 0 Å². The van der Waals surface area contributed by atoms with Crippen molar-refractivity contribution >= 4 is 12.4 Å². The minimum absolute atomic E-state index is 0.113. The van der Waals surface area contributed by atoms with Crippen molar-refractivity contribution in [2.24, 2.45) is 0 Å². The first-order chi connectivity index (χ1) is 5.20. The third-order valence-corrected chi connectivity index (χ3v) is 1.18. The van der Waals surface area contributed by atoms with E-state index in [9.17, 15) is 9.59 Å². The molecular weight excluding hydrogens is 148 g/mol. The summed E-state index contributed by atoms with van der Waals surface area (Å²) in [4.78, 5) is 20.3. The molecular formula is C7H12O4. The normalized spacial score (nSPS) is 11.8. The molecule has 4 nitrogen and oxygen atoms in total. The lowest BCUT2D eigenvalue weighted by Gasteiger charge is -2.09. The number of carbonyl (C=O) groups excluding carboxylic acids is 2. The molecule has 0 fully saturated rings. The monoisotopic (exact) mass is 160 g/mol. The summed E-state index contributed by atoms with van der Waals surface area (Å²) in [7, 11) is 0. The standard InChI is InChI=1S/C7H12O4/c1-3-6(2)11-7(9)4-10-5-8/h5-6H,3-4H2,1-2H3. The molecule has 0 aliphatic heterocycles. The maximum absolute atomic E-state index is 10.7. The summed E-state index contributed by atoms with van der Waals surface area (Å²) in [6.45, 7) is 3.60. The fourth-order valence-electron chi connectivity index (χ4n) is 0.444. The van der Waals surface area contributed by atoms with Gasteiger partial charge < -0.3 is 9.47 Å². The maximum atomic E-state index is 10.7. The van der Waals surface area contributed by atoms with Gasteiger partial charge in [0, 0.05) is 0 Å². The van der Waals surface area contributed by atoms with Crippen LogP contribution in [0.15, 0.2) is 0 Å². The molecule has 0 aliphatic carbocycles. The summed E-state index contributed by atoms with van der Waals surface area (Å²) < 4.78 is 8.96. The van der Waals surface area contributed by atoms with E-state index in [0.717, 1.165) is 6.42 Å². The molecule has 1 atom stereocenters. The first-order valence-corrected chi connectivity index (χ1v) is 3.45. The topological polar surface area (TPSA) is 52.6 Å². The number of esters is 1. The van der Waals surface area contributed by atoms with Crippen molar-refractivity contribution in [2.75, 3.05) is 6.61 Å². The van der Waals surface area contributed by atoms with Crippen molar-refractivity contribution in [1.29, 1.82) is 0 Å². The third-order valence-electron chi connectivity index (χ3n) is 1.18. The fourth-order valence-corrected chi connectivity index (χ4v) is 0.444. The van der Waals surface area contributed by atoms with Crippen LogP contribution in [0.3, 0.4) is 0 Å².